The lowest BCUT2D eigenvalue weighted by Crippen LogP contribution is -2.35. The fraction of sp³-hybridized carbons (Fsp3) is 0.304. The summed E-state index contributed by atoms with van der Waals surface area (Å²) in [6, 6.07) is 15.0. The monoisotopic (exact) mass is 408 g/mol. The maximum atomic E-state index is 13.9. The molecule has 0 radical (unpaired) electrons. The van der Waals surface area contributed by atoms with Crippen molar-refractivity contribution in [2.45, 2.75) is 45.8 Å². The second-order valence-electron chi connectivity index (χ2n) is 7.77. The molecule has 150 valence electrons. The summed E-state index contributed by atoms with van der Waals surface area (Å²) in [7, 11) is 0. The van der Waals surface area contributed by atoms with E-state index in [9.17, 15) is 4.39 Å². The van der Waals surface area contributed by atoms with Gasteiger partial charge in [0.2, 0.25) is 0 Å². The number of nitrogens with one attached hydrogen (secondary N) is 1. The Kier molecular flexibility index (Phi) is 5.13. The van der Waals surface area contributed by atoms with E-state index in [0.717, 1.165) is 27.9 Å². The average Bonchev–Trinajstić information content (AvgIpc) is 3.18. The summed E-state index contributed by atoms with van der Waals surface area (Å²) >= 11 is 5.69. The van der Waals surface area contributed by atoms with Crippen molar-refractivity contribution < 1.29 is 4.39 Å². The fourth-order valence-corrected chi connectivity index (χ4v) is 4.81. The molecule has 0 amide bonds. The third-order valence-electron chi connectivity index (χ3n) is 5.55. The predicted octanol–water partition coefficient (Wildman–Crippen LogP) is 5.01. The Morgan fingerprint density at radius 2 is 1.90 bits per heavy atom. The number of hydrogen-bond donors (Lipinski definition) is 1. The second-order valence-corrected chi connectivity index (χ2v) is 8.16. The molecule has 2 atom stereocenters. The molecule has 1 saturated heterocycles. The van der Waals surface area contributed by atoms with Crippen LogP contribution in [0.5, 0.6) is 0 Å². The number of thiocarbonyl (C=S) groups is 1. The molecule has 3 heterocycles. The zero-order chi connectivity index (χ0) is 20.7. The topological polar surface area (TPSA) is 33.1 Å². The van der Waals surface area contributed by atoms with Gasteiger partial charge in [-0.1, -0.05) is 12.1 Å². The lowest BCUT2D eigenvalue weighted by molar-refractivity contribution is 0.269. The molecule has 2 aromatic heterocycles. The van der Waals surface area contributed by atoms with Gasteiger partial charge >= 0.3 is 0 Å². The molecule has 4 nitrogen and oxygen atoms in total. The molecule has 4 rings (SSSR count). The first kappa shape index (κ1) is 19.6. The number of benzene rings is 1. The Balaban J connectivity index is 1.86. The van der Waals surface area contributed by atoms with Crippen LogP contribution in [0.25, 0.3) is 5.69 Å². The Morgan fingerprint density at radius 3 is 2.55 bits per heavy atom. The van der Waals surface area contributed by atoms with Gasteiger partial charge in [0.25, 0.3) is 0 Å². The Bertz CT molecular complexity index is 1040. The Hall–Kier alpha value is -2.73. The van der Waals surface area contributed by atoms with Crippen LogP contribution in [0.4, 0.5) is 4.39 Å². The van der Waals surface area contributed by atoms with Gasteiger partial charge in [0.1, 0.15) is 5.82 Å². The molecule has 29 heavy (non-hydrogen) atoms. The summed E-state index contributed by atoms with van der Waals surface area (Å²) in [4.78, 5) is 6.83. The molecule has 0 spiro atoms. The van der Waals surface area contributed by atoms with Crippen LogP contribution in [0.1, 0.15) is 48.6 Å². The molecule has 0 bridgehead atoms. The van der Waals surface area contributed by atoms with Crippen LogP contribution in [0, 0.1) is 19.7 Å². The van der Waals surface area contributed by atoms with Gasteiger partial charge in [0.05, 0.1) is 17.8 Å². The van der Waals surface area contributed by atoms with Crippen molar-refractivity contribution in [3.63, 3.8) is 0 Å². The van der Waals surface area contributed by atoms with Crippen molar-refractivity contribution in [3.8, 4) is 5.69 Å². The predicted molar refractivity (Wildman–Crippen MR) is 118 cm³/mol. The molecule has 0 saturated carbocycles. The molecule has 1 aromatic carbocycles. The van der Waals surface area contributed by atoms with Crippen LogP contribution >= 0.6 is 12.2 Å². The number of hydrogen-bond acceptors (Lipinski definition) is 2. The Morgan fingerprint density at radius 1 is 1.10 bits per heavy atom. The second kappa shape index (κ2) is 7.59. The van der Waals surface area contributed by atoms with E-state index >= 15 is 0 Å². The van der Waals surface area contributed by atoms with Crippen LogP contribution < -0.4 is 5.32 Å². The maximum absolute atomic E-state index is 13.9. The van der Waals surface area contributed by atoms with E-state index in [1.54, 1.807) is 12.1 Å². The largest absolute Gasteiger partial charge is 0.352 e. The maximum Gasteiger partial charge on any atom is 0.170 e. The number of aromatic nitrogens is 2. The average molecular weight is 409 g/mol. The number of aryl methyl sites for hydroxylation is 1. The summed E-state index contributed by atoms with van der Waals surface area (Å²) < 4.78 is 16.0. The summed E-state index contributed by atoms with van der Waals surface area (Å²) in [5.41, 5.74) is 5.09. The molecule has 0 unspecified atom stereocenters. The van der Waals surface area contributed by atoms with Gasteiger partial charge in [-0.25, -0.2) is 4.39 Å². The number of rotatable bonds is 4. The van der Waals surface area contributed by atoms with Crippen molar-refractivity contribution in [1.82, 2.24) is 19.8 Å². The van der Waals surface area contributed by atoms with E-state index in [0.29, 0.717) is 0 Å². The van der Waals surface area contributed by atoms with Gasteiger partial charge in [0, 0.05) is 29.3 Å². The van der Waals surface area contributed by atoms with Crippen molar-refractivity contribution in [1.29, 1.82) is 0 Å². The minimum Gasteiger partial charge on any atom is -0.352 e. The van der Waals surface area contributed by atoms with Gasteiger partial charge < -0.3 is 14.8 Å². The van der Waals surface area contributed by atoms with E-state index < -0.39 is 0 Å². The lowest BCUT2D eigenvalue weighted by Gasteiger charge is -2.31. The highest BCUT2D eigenvalue weighted by atomic mass is 32.1. The molecular formula is C23H25FN4S. The number of halogens is 1. The van der Waals surface area contributed by atoms with Gasteiger partial charge in [-0.3, -0.25) is 4.98 Å². The normalized spacial score (nSPS) is 19.1. The van der Waals surface area contributed by atoms with Gasteiger partial charge in [-0.2, -0.15) is 0 Å². The smallest absolute Gasteiger partial charge is 0.170 e. The first-order valence-electron chi connectivity index (χ1n) is 9.83. The number of pyridine rings is 1. The summed E-state index contributed by atoms with van der Waals surface area (Å²) in [6.45, 7) is 8.43. The van der Waals surface area contributed by atoms with Crippen LogP contribution in [-0.2, 0) is 0 Å². The highest BCUT2D eigenvalue weighted by Gasteiger charge is 2.42. The molecule has 0 aliphatic carbocycles. The molecule has 1 aliphatic heterocycles. The molecule has 1 fully saturated rings. The quantitative estimate of drug-likeness (QED) is 0.615. The number of nitrogens with zero attached hydrogens (tertiary/aromatic N) is 3. The van der Waals surface area contributed by atoms with Crippen molar-refractivity contribution in [3.05, 3.63) is 83.2 Å². The van der Waals surface area contributed by atoms with E-state index in [4.69, 9.17) is 12.2 Å². The minimum absolute atomic E-state index is 0.00547. The van der Waals surface area contributed by atoms with E-state index in [1.807, 2.05) is 30.5 Å². The standard InChI is InChI=1S/C23H25FN4S/c1-14(2)27-22(21(26-23(27)29)20-10-5-6-11-25-20)19-12-15(3)28(16(19)4)18-9-7-8-17(24)13-18/h5-14,21-22H,1-4H3,(H,26,29)/t21-,22-/m0/s1. The summed E-state index contributed by atoms with van der Waals surface area (Å²) in [5, 5.41) is 4.21. The molecule has 1 aliphatic rings. The highest BCUT2D eigenvalue weighted by Crippen LogP contribution is 2.42. The van der Waals surface area contributed by atoms with Crippen LogP contribution in [0.2, 0.25) is 0 Å². The van der Waals surface area contributed by atoms with Crippen LogP contribution in [0.15, 0.2) is 54.7 Å². The fourth-order valence-electron chi connectivity index (χ4n) is 4.35. The highest BCUT2D eigenvalue weighted by molar-refractivity contribution is 7.80. The zero-order valence-electron chi connectivity index (χ0n) is 17.1. The lowest BCUT2D eigenvalue weighted by atomic mass is 9.96. The third kappa shape index (κ3) is 3.42. The van der Waals surface area contributed by atoms with E-state index in [-0.39, 0.29) is 23.9 Å². The van der Waals surface area contributed by atoms with E-state index in [2.05, 4.69) is 53.5 Å². The molecule has 1 N–H and O–H groups in total. The minimum atomic E-state index is -0.240. The Labute approximate surface area is 176 Å². The van der Waals surface area contributed by atoms with Crippen LogP contribution in [-0.4, -0.2) is 25.6 Å². The molecular weight excluding hydrogens is 383 g/mol. The first-order chi connectivity index (χ1) is 13.9. The van der Waals surface area contributed by atoms with Crippen molar-refractivity contribution in [2.75, 3.05) is 0 Å². The zero-order valence-corrected chi connectivity index (χ0v) is 17.9. The van der Waals surface area contributed by atoms with Crippen molar-refractivity contribution >= 4 is 17.3 Å². The van der Waals surface area contributed by atoms with E-state index in [1.165, 1.54) is 11.6 Å². The summed E-state index contributed by atoms with van der Waals surface area (Å²) in [5.74, 6) is -0.240. The van der Waals surface area contributed by atoms with Gasteiger partial charge in [-0.15, -0.1) is 0 Å². The van der Waals surface area contributed by atoms with Crippen molar-refractivity contribution in [2.24, 2.45) is 0 Å². The van der Waals surface area contributed by atoms with Gasteiger partial charge in [-0.05, 0) is 81.9 Å². The molecule has 3 aromatic rings. The third-order valence-corrected chi connectivity index (χ3v) is 5.88. The van der Waals surface area contributed by atoms with Crippen LogP contribution in [0.3, 0.4) is 0 Å². The molecule has 6 heteroatoms. The van der Waals surface area contributed by atoms with Gasteiger partial charge in [0.15, 0.2) is 5.11 Å². The summed E-state index contributed by atoms with van der Waals surface area (Å²) in [6.07, 6.45) is 1.81. The SMILES string of the molecule is Cc1cc([C@H]2[C@H](c3ccccn3)NC(=S)N2C(C)C)c(C)n1-c1cccc(F)c1. The first-order valence-corrected chi connectivity index (χ1v) is 10.2.